The van der Waals surface area contributed by atoms with Crippen LogP contribution in [0.4, 0.5) is 10.7 Å². The topological polar surface area (TPSA) is 41.5 Å². The number of fused-ring (bicyclic) bond motifs is 1. The number of benzene rings is 2. The second-order valence-electron chi connectivity index (χ2n) is 9.37. The van der Waals surface area contributed by atoms with Crippen molar-refractivity contribution >= 4 is 68.9 Å². The number of halogens is 3. The summed E-state index contributed by atoms with van der Waals surface area (Å²) in [5.41, 5.74) is 3.43. The molecule has 0 saturated carbocycles. The molecule has 1 aromatic heterocycles. The molecule has 7 heteroatoms. The lowest BCUT2D eigenvalue weighted by molar-refractivity contribution is 0.102. The van der Waals surface area contributed by atoms with Gasteiger partial charge in [0.1, 0.15) is 5.00 Å². The minimum absolute atomic E-state index is 0.154. The SMILES string of the molecule is CC(C)(C)[C@H]1CCc2c(sc(N=Cc3ccc(Cl)cc3Cl)c2C(=O)Nc2ccc(Cl)cc2)C1. The van der Waals surface area contributed by atoms with Gasteiger partial charge in [-0.1, -0.05) is 61.6 Å². The number of hydrogen-bond donors (Lipinski definition) is 1. The van der Waals surface area contributed by atoms with Gasteiger partial charge in [-0.2, -0.15) is 0 Å². The Balaban J connectivity index is 1.71. The fourth-order valence-corrected chi connectivity index (χ4v) is 5.95. The van der Waals surface area contributed by atoms with E-state index in [4.69, 9.17) is 39.8 Å². The molecule has 33 heavy (non-hydrogen) atoms. The maximum atomic E-state index is 13.4. The molecule has 0 saturated heterocycles. The van der Waals surface area contributed by atoms with Gasteiger partial charge in [-0.15, -0.1) is 11.3 Å². The Kier molecular flexibility index (Phi) is 7.20. The number of hydrogen-bond acceptors (Lipinski definition) is 3. The largest absolute Gasteiger partial charge is 0.322 e. The van der Waals surface area contributed by atoms with Crippen molar-refractivity contribution in [3.63, 3.8) is 0 Å². The summed E-state index contributed by atoms with van der Waals surface area (Å²) in [5, 5.41) is 5.43. The van der Waals surface area contributed by atoms with E-state index in [0.717, 1.165) is 30.4 Å². The van der Waals surface area contributed by atoms with Crippen LogP contribution < -0.4 is 5.32 Å². The van der Waals surface area contributed by atoms with Crippen molar-refractivity contribution in [2.45, 2.75) is 40.0 Å². The average molecular weight is 520 g/mol. The molecule has 0 unspecified atom stereocenters. The summed E-state index contributed by atoms with van der Waals surface area (Å²) in [6.07, 6.45) is 4.59. The van der Waals surface area contributed by atoms with Gasteiger partial charge in [0.15, 0.2) is 0 Å². The highest BCUT2D eigenvalue weighted by Gasteiger charge is 2.33. The Morgan fingerprint density at radius 3 is 2.45 bits per heavy atom. The molecule has 172 valence electrons. The number of aliphatic imine (C=N–C) groups is 1. The van der Waals surface area contributed by atoms with Crippen LogP contribution in [0.5, 0.6) is 0 Å². The highest BCUT2D eigenvalue weighted by molar-refractivity contribution is 7.16. The van der Waals surface area contributed by atoms with E-state index < -0.39 is 0 Å². The summed E-state index contributed by atoms with van der Waals surface area (Å²) in [6, 6.07) is 12.4. The smallest absolute Gasteiger partial charge is 0.259 e. The van der Waals surface area contributed by atoms with Crippen molar-refractivity contribution in [3.8, 4) is 0 Å². The first-order valence-electron chi connectivity index (χ1n) is 10.8. The number of amides is 1. The monoisotopic (exact) mass is 518 g/mol. The van der Waals surface area contributed by atoms with Crippen molar-refractivity contribution in [2.75, 3.05) is 5.32 Å². The maximum absolute atomic E-state index is 13.4. The molecular formula is C26H25Cl3N2OS. The third kappa shape index (κ3) is 5.63. The van der Waals surface area contributed by atoms with Crippen molar-refractivity contribution in [1.82, 2.24) is 0 Å². The van der Waals surface area contributed by atoms with E-state index in [1.807, 2.05) is 6.07 Å². The Morgan fingerprint density at radius 1 is 1.09 bits per heavy atom. The van der Waals surface area contributed by atoms with Gasteiger partial charge in [0.2, 0.25) is 0 Å². The van der Waals surface area contributed by atoms with Crippen molar-refractivity contribution in [2.24, 2.45) is 16.3 Å². The summed E-state index contributed by atoms with van der Waals surface area (Å²) in [5.74, 6) is 0.414. The molecular weight excluding hydrogens is 495 g/mol. The van der Waals surface area contributed by atoms with Gasteiger partial charge < -0.3 is 5.32 Å². The van der Waals surface area contributed by atoms with Crippen LogP contribution in [0.2, 0.25) is 15.1 Å². The summed E-state index contributed by atoms with van der Waals surface area (Å²) < 4.78 is 0. The molecule has 1 atom stereocenters. The minimum Gasteiger partial charge on any atom is -0.322 e. The molecule has 2 aromatic carbocycles. The number of carbonyl (C=O) groups is 1. The first-order chi connectivity index (χ1) is 15.6. The Labute approximate surface area is 213 Å². The van der Waals surface area contributed by atoms with Gasteiger partial charge in [-0.25, -0.2) is 4.99 Å². The van der Waals surface area contributed by atoms with Gasteiger partial charge in [-0.3, -0.25) is 4.79 Å². The number of nitrogens with one attached hydrogen (secondary N) is 1. The molecule has 0 bridgehead atoms. The van der Waals surface area contributed by atoms with Crippen molar-refractivity contribution in [3.05, 3.63) is 79.1 Å². The second kappa shape index (κ2) is 9.79. The summed E-state index contributed by atoms with van der Waals surface area (Å²) in [7, 11) is 0. The molecule has 4 rings (SSSR count). The summed E-state index contributed by atoms with van der Waals surface area (Å²) >= 11 is 19.9. The van der Waals surface area contributed by atoms with Crippen LogP contribution in [0.15, 0.2) is 47.5 Å². The van der Waals surface area contributed by atoms with Gasteiger partial charge in [0, 0.05) is 32.4 Å². The number of thiophene rings is 1. The van der Waals surface area contributed by atoms with Crippen LogP contribution in [0.3, 0.4) is 0 Å². The van der Waals surface area contributed by atoms with Crippen molar-refractivity contribution in [1.29, 1.82) is 0 Å². The van der Waals surface area contributed by atoms with Gasteiger partial charge in [-0.05, 0) is 72.6 Å². The molecule has 1 N–H and O–H groups in total. The zero-order valence-electron chi connectivity index (χ0n) is 18.7. The first kappa shape index (κ1) is 24.3. The third-order valence-electron chi connectivity index (χ3n) is 6.08. The fourth-order valence-electron chi connectivity index (χ4n) is 4.10. The number of carbonyl (C=O) groups excluding carboxylic acids is 1. The van der Waals surface area contributed by atoms with Gasteiger partial charge in [0.05, 0.1) is 10.6 Å². The number of anilines is 1. The Bertz CT molecular complexity index is 1210. The number of rotatable bonds is 4. The molecule has 0 spiro atoms. The van der Waals surface area contributed by atoms with E-state index >= 15 is 0 Å². The van der Waals surface area contributed by atoms with Crippen LogP contribution in [-0.2, 0) is 12.8 Å². The van der Waals surface area contributed by atoms with E-state index in [-0.39, 0.29) is 11.3 Å². The van der Waals surface area contributed by atoms with Crippen LogP contribution in [0.1, 0.15) is 53.6 Å². The summed E-state index contributed by atoms with van der Waals surface area (Å²) in [6.45, 7) is 6.85. The van der Waals surface area contributed by atoms with E-state index in [0.29, 0.717) is 37.2 Å². The Hall–Kier alpha value is -1.85. The molecule has 3 nitrogen and oxygen atoms in total. The van der Waals surface area contributed by atoms with Gasteiger partial charge >= 0.3 is 0 Å². The molecule has 1 aliphatic rings. The lowest BCUT2D eigenvalue weighted by Crippen LogP contribution is -2.27. The highest BCUT2D eigenvalue weighted by atomic mass is 35.5. The standard InChI is InChI=1S/C26H25Cl3N2OS/c1-26(2,3)16-5-11-20-22(12-16)33-25(30-14-15-4-6-18(28)13-21(15)29)23(20)24(32)31-19-9-7-17(27)8-10-19/h4,6-10,13-14,16H,5,11-12H2,1-3H3,(H,31,32)/t16-/m0/s1. The second-order valence-corrected chi connectivity index (χ2v) is 11.7. The Morgan fingerprint density at radius 2 is 1.79 bits per heavy atom. The van der Waals surface area contributed by atoms with Crippen molar-refractivity contribution < 1.29 is 4.79 Å². The quantitative estimate of drug-likeness (QED) is 0.344. The summed E-state index contributed by atoms with van der Waals surface area (Å²) in [4.78, 5) is 19.4. The minimum atomic E-state index is -0.154. The molecule has 0 radical (unpaired) electrons. The lowest BCUT2D eigenvalue weighted by atomic mass is 9.72. The maximum Gasteiger partial charge on any atom is 0.259 e. The normalized spacial score (nSPS) is 16.1. The zero-order chi connectivity index (χ0) is 23.8. The zero-order valence-corrected chi connectivity index (χ0v) is 21.8. The highest BCUT2D eigenvalue weighted by Crippen LogP contribution is 2.45. The van der Waals surface area contributed by atoms with E-state index in [1.165, 1.54) is 4.88 Å². The van der Waals surface area contributed by atoms with E-state index in [1.54, 1.807) is 53.9 Å². The van der Waals surface area contributed by atoms with Gasteiger partial charge in [0.25, 0.3) is 5.91 Å². The molecule has 1 heterocycles. The van der Waals surface area contributed by atoms with E-state index in [9.17, 15) is 4.79 Å². The first-order valence-corrected chi connectivity index (χ1v) is 12.8. The molecule has 1 amide bonds. The van der Waals surface area contributed by atoms with Crippen LogP contribution in [0.25, 0.3) is 0 Å². The average Bonchev–Trinajstić information content (AvgIpc) is 3.12. The fraction of sp³-hybridized carbons (Fsp3) is 0.308. The van der Waals surface area contributed by atoms with Crippen LogP contribution >= 0.6 is 46.1 Å². The third-order valence-corrected chi connectivity index (χ3v) is 8.06. The van der Waals surface area contributed by atoms with E-state index in [2.05, 4.69) is 26.1 Å². The van der Waals surface area contributed by atoms with Crippen LogP contribution in [-0.4, -0.2) is 12.1 Å². The lowest BCUT2D eigenvalue weighted by Gasteiger charge is -2.33. The number of nitrogens with zero attached hydrogens (tertiary/aromatic N) is 1. The molecule has 0 fully saturated rings. The van der Waals surface area contributed by atoms with Crippen LogP contribution in [0, 0.1) is 11.3 Å². The molecule has 3 aromatic rings. The predicted molar refractivity (Wildman–Crippen MR) is 142 cm³/mol. The molecule has 1 aliphatic carbocycles. The molecule has 0 aliphatic heterocycles. The predicted octanol–water partition coefficient (Wildman–Crippen LogP) is 8.86.